The molecule has 2 amide bonds. The van der Waals surface area contributed by atoms with E-state index in [-0.39, 0.29) is 12.1 Å². The second-order valence-electron chi connectivity index (χ2n) is 6.73. The molecule has 128 valence electrons. The van der Waals surface area contributed by atoms with Crippen LogP contribution >= 0.6 is 0 Å². The van der Waals surface area contributed by atoms with E-state index in [2.05, 4.69) is 19.2 Å². The summed E-state index contributed by atoms with van der Waals surface area (Å²) in [5.74, 6) is 1.53. The molecule has 0 saturated carbocycles. The maximum absolute atomic E-state index is 12.3. The van der Waals surface area contributed by atoms with Gasteiger partial charge in [-0.3, -0.25) is 0 Å². The van der Waals surface area contributed by atoms with E-state index in [4.69, 9.17) is 4.74 Å². The zero-order valence-corrected chi connectivity index (χ0v) is 14.3. The molecular weight excluding hydrogens is 292 g/mol. The smallest absolute Gasteiger partial charge is 0.321 e. The number of amides is 2. The molecule has 1 fully saturated rings. The molecular formula is C18H28N2O3. The van der Waals surface area contributed by atoms with E-state index in [0.717, 1.165) is 24.3 Å². The molecule has 1 heterocycles. The van der Waals surface area contributed by atoms with E-state index in [1.165, 1.54) is 0 Å². The lowest BCUT2D eigenvalue weighted by molar-refractivity contribution is 0.0820. The number of likely N-dealkylation sites (tertiary alicyclic amines) is 1. The third-order valence-electron chi connectivity index (χ3n) is 4.18. The zero-order chi connectivity index (χ0) is 16.8. The van der Waals surface area contributed by atoms with Gasteiger partial charge in [0, 0.05) is 24.8 Å². The quantitative estimate of drug-likeness (QED) is 0.874. The summed E-state index contributed by atoms with van der Waals surface area (Å²) in [5.41, 5.74) is 0.744. The molecule has 0 aliphatic carbocycles. The number of aliphatic hydroxyl groups is 1. The van der Waals surface area contributed by atoms with Gasteiger partial charge in [-0.15, -0.1) is 0 Å². The molecule has 1 aliphatic rings. The van der Waals surface area contributed by atoms with Crippen molar-refractivity contribution in [2.24, 2.45) is 11.8 Å². The molecule has 23 heavy (non-hydrogen) atoms. The third kappa shape index (κ3) is 5.43. The Morgan fingerprint density at radius 3 is 2.65 bits per heavy atom. The van der Waals surface area contributed by atoms with Gasteiger partial charge in [0.05, 0.1) is 12.7 Å². The van der Waals surface area contributed by atoms with Crippen LogP contribution in [-0.4, -0.2) is 41.8 Å². The molecule has 5 heteroatoms. The normalized spacial score (nSPS) is 17.2. The van der Waals surface area contributed by atoms with Crippen LogP contribution < -0.4 is 10.1 Å². The van der Waals surface area contributed by atoms with Gasteiger partial charge in [-0.25, -0.2) is 4.79 Å². The van der Waals surface area contributed by atoms with Crippen molar-refractivity contribution in [1.29, 1.82) is 0 Å². The number of rotatable bonds is 5. The van der Waals surface area contributed by atoms with Gasteiger partial charge in [0.25, 0.3) is 0 Å². The number of ether oxygens (including phenoxy) is 1. The van der Waals surface area contributed by atoms with Crippen molar-refractivity contribution in [3.63, 3.8) is 0 Å². The van der Waals surface area contributed by atoms with E-state index < -0.39 is 0 Å². The molecule has 1 atom stereocenters. The largest absolute Gasteiger partial charge is 0.493 e. The van der Waals surface area contributed by atoms with Crippen LogP contribution in [0.25, 0.3) is 0 Å². The number of hydrogen-bond acceptors (Lipinski definition) is 3. The molecule has 1 unspecified atom stereocenters. The Balaban J connectivity index is 1.87. The lowest BCUT2D eigenvalue weighted by Crippen LogP contribution is -2.42. The van der Waals surface area contributed by atoms with Gasteiger partial charge in [-0.2, -0.15) is 0 Å². The minimum Gasteiger partial charge on any atom is -0.493 e. The van der Waals surface area contributed by atoms with Crippen molar-refractivity contribution in [2.45, 2.75) is 39.7 Å². The number of nitrogens with one attached hydrogen (secondary N) is 1. The summed E-state index contributed by atoms with van der Waals surface area (Å²) in [5, 5.41) is 12.6. The molecule has 0 aromatic heterocycles. The maximum atomic E-state index is 12.3. The lowest BCUT2D eigenvalue weighted by atomic mass is 9.92. The Hall–Kier alpha value is -1.75. The predicted molar refractivity (Wildman–Crippen MR) is 91.8 cm³/mol. The van der Waals surface area contributed by atoms with Crippen LogP contribution in [-0.2, 0) is 0 Å². The molecule has 0 bridgehead atoms. The van der Waals surface area contributed by atoms with Gasteiger partial charge in [-0.1, -0.05) is 19.9 Å². The average molecular weight is 320 g/mol. The highest BCUT2D eigenvalue weighted by atomic mass is 16.5. The van der Waals surface area contributed by atoms with Crippen molar-refractivity contribution in [2.75, 3.05) is 25.0 Å². The number of piperidine rings is 1. The number of aliphatic hydroxyl groups excluding tert-OH is 1. The molecule has 1 aromatic carbocycles. The van der Waals surface area contributed by atoms with Crippen molar-refractivity contribution < 1.29 is 14.6 Å². The van der Waals surface area contributed by atoms with Crippen molar-refractivity contribution >= 4 is 11.7 Å². The number of nitrogens with zero attached hydrogens (tertiary/aromatic N) is 1. The van der Waals surface area contributed by atoms with Crippen LogP contribution in [0.2, 0.25) is 0 Å². The number of carbonyl (C=O) groups is 1. The minimum atomic E-state index is -0.296. The summed E-state index contributed by atoms with van der Waals surface area (Å²) in [6, 6.07) is 7.40. The maximum Gasteiger partial charge on any atom is 0.321 e. The summed E-state index contributed by atoms with van der Waals surface area (Å²) < 4.78 is 5.68. The minimum absolute atomic E-state index is 0.0879. The number of anilines is 1. The SMILES string of the molecule is CC(C)COc1cccc(NC(=O)N2CCC(C(C)O)CC2)c1. The second-order valence-corrected chi connectivity index (χ2v) is 6.73. The highest BCUT2D eigenvalue weighted by molar-refractivity contribution is 5.89. The summed E-state index contributed by atoms with van der Waals surface area (Å²) >= 11 is 0. The van der Waals surface area contributed by atoms with Crippen LogP contribution in [0, 0.1) is 11.8 Å². The molecule has 1 aromatic rings. The number of benzene rings is 1. The summed E-state index contributed by atoms with van der Waals surface area (Å²) in [6.45, 7) is 8.05. The summed E-state index contributed by atoms with van der Waals surface area (Å²) in [7, 11) is 0. The third-order valence-corrected chi connectivity index (χ3v) is 4.18. The van der Waals surface area contributed by atoms with Gasteiger partial charge in [0.15, 0.2) is 0 Å². The summed E-state index contributed by atoms with van der Waals surface area (Å²) in [6.07, 6.45) is 1.40. The number of urea groups is 1. The Morgan fingerprint density at radius 1 is 1.35 bits per heavy atom. The van der Waals surface area contributed by atoms with Gasteiger partial charge in [-0.05, 0) is 43.7 Å². The Kier molecular flexibility index (Phi) is 6.28. The zero-order valence-electron chi connectivity index (χ0n) is 14.3. The van der Waals surface area contributed by atoms with E-state index in [9.17, 15) is 9.90 Å². The van der Waals surface area contributed by atoms with Crippen molar-refractivity contribution in [3.8, 4) is 5.75 Å². The van der Waals surface area contributed by atoms with E-state index >= 15 is 0 Å². The predicted octanol–water partition coefficient (Wildman–Crippen LogP) is 3.35. The van der Waals surface area contributed by atoms with Crippen molar-refractivity contribution in [1.82, 2.24) is 4.90 Å². The van der Waals surface area contributed by atoms with E-state index in [0.29, 0.717) is 31.5 Å². The fourth-order valence-electron chi connectivity index (χ4n) is 2.71. The van der Waals surface area contributed by atoms with Crippen LogP contribution in [0.5, 0.6) is 5.75 Å². The van der Waals surface area contributed by atoms with Gasteiger partial charge in [0.1, 0.15) is 5.75 Å². The molecule has 2 rings (SSSR count). The first-order valence-electron chi connectivity index (χ1n) is 8.42. The molecule has 1 aliphatic heterocycles. The topological polar surface area (TPSA) is 61.8 Å². The molecule has 5 nitrogen and oxygen atoms in total. The molecule has 2 N–H and O–H groups in total. The summed E-state index contributed by atoms with van der Waals surface area (Å²) in [4.78, 5) is 14.1. The number of carbonyl (C=O) groups excluding carboxylic acids is 1. The monoisotopic (exact) mass is 320 g/mol. The van der Waals surface area contributed by atoms with Crippen LogP contribution in [0.1, 0.15) is 33.6 Å². The fourth-order valence-corrected chi connectivity index (χ4v) is 2.71. The van der Waals surface area contributed by atoms with Crippen LogP contribution in [0.3, 0.4) is 0 Å². The molecule has 0 spiro atoms. The van der Waals surface area contributed by atoms with Crippen LogP contribution in [0.4, 0.5) is 10.5 Å². The van der Waals surface area contributed by atoms with Gasteiger partial charge < -0.3 is 20.1 Å². The first-order chi connectivity index (χ1) is 11.0. The van der Waals surface area contributed by atoms with Crippen LogP contribution in [0.15, 0.2) is 24.3 Å². The van der Waals surface area contributed by atoms with Gasteiger partial charge >= 0.3 is 6.03 Å². The fraction of sp³-hybridized carbons (Fsp3) is 0.611. The standard InChI is InChI=1S/C18H28N2O3/c1-13(2)12-23-17-6-4-5-16(11-17)19-18(22)20-9-7-15(8-10-20)14(3)21/h4-6,11,13-15,21H,7-10,12H2,1-3H3,(H,19,22). The number of hydrogen-bond donors (Lipinski definition) is 2. The molecule has 0 radical (unpaired) electrons. The van der Waals surface area contributed by atoms with E-state index in [1.807, 2.05) is 31.2 Å². The molecule has 1 saturated heterocycles. The van der Waals surface area contributed by atoms with E-state index in [1.54, 1.807) is 4.90 Å². The highest BCUT2D eigenvalue weighted by Gasteiger charge is 2.25. The lowest BCUT2D eigenvalue weighted by Gasteiger charge is -2.33. The Bertz CT molecular complexity index is 509. The first-order valence-corrected chi connectivity index (χ1v) is 8.42. The average Bonchev–Trinajstić information content (AvgIpc) is 2.53. The Labute approximate surface area is 138 Å². The van der Waals surface area contributed by atoms with Crippen molar-refractivity contribution in [3.05, 3.63) is 24.3 Å². The second kappa shape index (κ2) is 8.20. The highest BCUT2D eigenvalue weighted by Crippen LogP contribution is 2.22. The first kappa shape index (κ1) is 17.6. The van der Waals surface area contributed by atoms with Gasteiger partial charge in [0.2, 0.25) is 0 Å². The Morgan fingerprint density at radius 2 is 2.04 bits per heavy atom.